The Hall–Kier alpha value is -4.27. The molecule has 0 spiro atoms. The number of imide groups is 1. The molecule has 2 amide bonds. The van der Waals surface area contributed by atoms with Gasteiger partial charge in [0, 0.05) is 12.3 Å². The van der Waals surface area contributed by atoms with E-state index in [0.29, 0.717) is 52.8 Å². The van der Waals surface area contributed by atoms with Crippen molar-refractivity contribution in [2.45, 2.75) is 6.92 Å². The fourth-order valence-corrected chi connectivity index (χ4v) is 4.13. The first kappa shape index (κ1) is 18.5. The van der Waals surface area contributed by atoms with Crippen molar-refractivity contribution in [3.8, 4) is 17.2 Å². The quantitative estimate of drug-likeness (QED) is 0.453. The van der Waals surface area contributed by atoms with Crippen molar-refractivity contribution in [1.29, 1.82) is 0 Å². The van der Waals surface area contributed by atoms with Gasteiger partial charge in [-0.2, -0.15) is 5.10 Å². The van der Waals surface area contributed by atoms with Crippen molar-refractivity contribution in [3.05, 3.63) is 71.3 Å². The highest BCUT2D eigenvalue weighted by Crippen LogP contribution is 2.38. The lowest BCUT2D eigenvalue weighted by atomic mass is 10.1. The van der Waals surface area contributed by atoms with Gasteiger partial charge in [-0.1, -0.05) is 0 Å². The van der Waals surface area contributed by atoms with Crippen LogP contribution in [0.5, 0.6) is 11.5 Å². The third-order valence-electron chi connectivity index (χ3n) is 5.58. The van der Waals surface area contributed by atoms with Gasteiger partial charge in [-0.15, -0.1) is 0 Å². The van der Waals surface area contributed by atoms with E-state index in [1.54, 1.807) is 37.3 Å². The Morgan fingerprint density at radius 1 is 0.938 bits per heavy atom. The van der Waals surface area contributed by atoms with Gasteiger partial charge >= 0.3 is 0 Å². The van der Waals surface area contributed by atoms with E-state index in [1.165, 1.54) is 23.0 Å². The number of halogens is 1. The molecule has 0 aliphatic carbocycles. The van der Waals surface area contributed by atoms with Gasteiger partial charge < -0.3 is 9.47 Å². The molecule has 2 aliphatic rings. The summed E-state index contributed by atoms with van der Waals surface area (Å²) in [5.41, 5.74) is 2.39. The second kappa shape index (κ2) is 6.61. The van der Waals surface area contributed by atoms with Crippen molar-refractivity contribution in [2.24, 2.45) is 0 Å². The molecular weight excluding hydrogens is 415 g/mol. The topological polar surface area (TPSA) is 86.6 Å². The lowest BCUT2D eigenvalue weighted by Gasteiger charge is -2.21. The zero-order chi connectivity index (χ0) is 22.0. The van der Waals surface area contributed by atoms with Crippen LogP contribution >= 0.6 is 0 Å². The largest absolute Gasteiger partial charge is 0.486 e. The summed E-state index contributed by atoms with van der Waals surface area (Å²) in [5.74, 6) is -0.251. The molecule has 0 fully saturated rings. The lowest BCUT2D eigenvalue weighted by Crippen LogP contribution is -2.29. The average molecular weight is 430 g/mol. The molecule has 8 nitrogen and oxygen atoms in total. The Balaban J connectivity index is 1.49. The Kier molecular flexibility index (Phi) is 3.82. The minimum Gasteiger partial charge on any atom is -0.486 e. The van der Waals surface area contributed by atoms with Crippen LogP contribution in [0.1, 0.15) is 26.4 Å². The van der Waals surface area contributed by atoms with Crippen molar-refractivity contribution in [3.63, 3.8) is 0 Å². The summed E-state index contributed by atoms with van der Waals surface area (Å²) >= 11 is 0. The summed E-state index contributed by atoms with van der Waals surface area (Å²) in [7, 11) is 0. The van der Waals surface area contributed by atoms with Gasteiger partial charge in [0.1, 0.15) is 19.0 Å². The number of hydrogen-bond acceptors (Lipinski definition) is 6. The second-order valence-corrected chi connectivity index (χ2v) is 7.49. The highest BCUT2D eigenvalue weighted by atomic mass is 19.1. The van der Waals surface area contributed by atoms with E-state index in [2.05, 4.69) is 10.1 Å². The van der Waals surface area contributed by atoms with E-state index in [9.17, 15) is 14.0 Å². The predicted molar refractivity (Wildman–Crippen MR) is 112 cm³/mol. The fourth-order valence-electron chi connectivity index (χ4n) is 4.13. The molecule has 0 saturated heterocycles. The van der Waals surface area contributed by atoms with Gasteiger partial charge in [0.2, 0.25) is 0 Å². The Morgan fingerprint density at radius 3 is 2.44 bits per heavy atom. The number of aryl methyl sites for hydroxylation is 1. The number of amides is 2. The number of aromatic nitrogens is 3. The molecule has 2 aromatic heterocycles. The molecule has 0 atom stereocenters. The standard InChI is InChI=1S/C23H15FN4O4/c1-12-19-20-16(11-25-21(19)28(26-12)14-4-2-13(24)3-5-14)22(29)27(23(20)30)15-6-7-17-18(10-15)32-9-8-31-17/h2-7,10-11H,8-9H2,1H3. The van der Waals surface area contributed by atoms with Gasteiger partial charge in [0.15, 0.2) is 17.1 Å². The van der Waals surface area contributed by atoms with Gasteiger partial charge in [0.25, 0.3) is 11.8 Å². The summed E-state index contributed by atoms with van der Waals surface area (Å²) < 4.78 is 26.0. The number of rotatable bonds is 2. The Labute approximate surface area is 180 Å². The summed E-state index contributed by atoms with van der Waals surface area (Å²) in [4.78, 5) is 32.1. The number of anilines is 1. The minimum atomic E-state index is -0.468. The van der Waals surface area contributed by atoms with Crippen LogP contribution < -0.4 is 14.4 Å². The number of hydrogen-bond donors (Lipinski definition) is 0. The first-order valence-electron chi connectivity index (χ1n) is 9.95. The number of ether oxygens (including phenoxy) is 2. The molecule has 0 saturated carbocycles. The number of pyridine rings is 1. The van der Waals surface area contributed by atoms with Crippen molar-refractivity contribution in [2.75, 3.05) is 18.1 Å². The molecule has 32 heavy (non-hydrogen) atoms. The van der Waals surface area contributed by atoms with Crippen molar-refractivity contribution in [1.82, 2.24) is 14.8 Å². The number of benzene rings is 2. The van der Waals surface area contributed by atoms with Crippen LogP contribution in [0.2, 0.25) is 0 Å². The van der Waals surface area contributed by atoms with E-state index in [-0.39, 0.29) is 16.9 Å². The van der Waals surface area contributed by atoms with E-state index in [0.717, 1.165) is 4.90 Å². The van der Waals surface area contributed by atoms with Crippen molar-refractivity contribution < 1.29 is 23.5 Å². The molecule has 158 valence electrons. The average Bonchev–Trinajstić information content (AvgIpc) is 3.27. The number of nitrogens with zero attached hydrogens (tertiary/aromatic N) is 4. The number of fused-ring (bicyclic) bond motifs is 4. The van der Waals surface area contributed by atoms with Crippen molar-refractivity contribution >= 4 is 28.5 Å². The van der Waals surface area contributed by atoms with E-state index < -0.39 is 11.8 Å². The monoisotopic (exact) mass is 430 g/mol. The molecule has 9 heteroatoms. The first-order chi connectivity index (χ1) is 15.5. The number of carbonyl (C=O) groups excluding carboxylic acids is 2. The third-order valence-corrected chi connectivity index (χ3v) is 5.58. The van der Waals surface area contributed by atoms with E-state index >= 15 is 0 Å². The molecular formula is C23H15FN4O4. The Morgan fingerprint density at radius 2 is 1.66 bits per heavy atom. The van der Waals surface area contributed by atoms with E-state index in [1.807, 2.05) is 0 Å². The predicted octanol–water partition coefficient (Wildman–Crippen LogP) is 3.44. The lowest BCUT2D eigenvalue weighted by molar-refractivity contribution is 0.0926. The second-order valence-electron chi connectivity index (χ2n) is 7.49. The first-order valence-corrected chi connectivity index (χ1v) is 9.95. The van der Waals surface area contributed by atoms with Gasteiger partial charge in [-0.3, -0.25) is 9.59 Å². The number of carbonyl (C=O) groups is 2. The zero-order valence-electron chi connectivity index (χ0n) is 16.8. The highest BCUT2D eigenvalue weighted by Gasteiger charge is 2.40. The van der Waals surface area contributed by atoms with Crippen LogP contribution in [-0.4, -0.2) is 39.8 Å². The van der Waals surface area contributed by atoms with Crippen LogP contribution in [0.25, 0.3) is 16.7 Å². The van der Waals surface area contributed by atoms with Crippen LogP contribution in [-0.2, 0) is 0 Å². The molecule has 2 aromatic carbocycles. The normalized spacial score (nSPS) is 14.9. The van der Waals surface area contributed by atoms with Gasteiger partial charge in [-0.05, 0) is 43.3 Å². The van der Waals surface area contributed by atoms with Crippen LogP contribution in [0.3, 0.4) is 0 Å². The summed E-state index contributed by atoms with van der Waals surface area (Å²) in [6.45, 7) is 2.58. The smallest absolute Gasteiger partial charge is 0.267 e. The molecule has 0 radical (unpaired) electrons. The highest BCUT2D eigenvalue weighted by molar-refractivity contribution is 6.37. The SMILES string of the molecule is Cc1nn(-c2ccc(F)cc2)c2ncc3c(c12)C(=O)N(c1ccc2c(c1)OCCO2)C3=O. The molecule has 0 bridgehead atoms. The zero-order valence-corrected chi connectivity index (χ0v) is 16.8. The summed E-state index contributed by atoms with van der Waals surface area (Å²) in [6, 6.07) is 10.7. The van der Waals surface area contributed by atoms with Gasteiger partial charge in [-0.25, -0.2) is 19.0 Å². The van der Waals surface area contributed by atoms with Crippen LogP contribution in [0.4, 0.5) is 10.1 Å². The molecule has 2 aliphatic heterocycles. The summed E-state index contributed by atoms with van der Waals surface area (Å²) in [5, 5.41) is 4.99. The third kappa shape index (κ3) is 2.54. The van der Waals surface area contributed by atoms with Gasteiger partial charge in [0.05, 0.1) is 33.6 Å². The molecule has 4 heterocycles. The molecule has 0 N–H and O–H groups in total. The van der Waals surface area contributed by atoms with Crippen LogP contribution in [0, 0.1) is 12.7 Å². The molecule has 6 rings (SSSR count). The summed E-state index contributed by atoms with van der Waals surface area (Å²) in [6.07, 6.45) is 1.39. The maximum absolute atomic E-state index is 13.5. The molecule has 4 aromatic rings. The van der Waals surface area contributed by atoms with Crippen LogP contribution in [0.15, 0.2) is 48.7 Å². The molecule has 0 unspecified atom stereocenters. The minimum absolute atomic E-state index is 0.208. The van der Waals surface area contributed by atoms with E-state index in [4.69, 9.17) is 9.47 Å². The maximum atomic E-state index is 13.5. The Bertz CT molecular complexity index is 1440. The fraction of sp³-hybridized carbons (Fsp3) is 0.130. The maximum Gasteiger partial charge on any atom is 0.267 e.